The summed E-state index contributed by atoms with van der Waals surface area (Å²) in [6.45, 7) is 1.16. The van der Waals surface area contributed by atoms with E-state index in [0.717, 1.165) is 14.0 Å². The van der Waals surface area contributed by atoms with Crippen molar-refractivity contribution >= 4 is 16.0 Å². The molecule has 10 heteroatoms. The maximum absolute atomic E-state index is 11.2. The first-order chi connectivity index (χ1) is 8.68. The van der Waals surface area contributed by atoms with E-state index in [9.17, 15) is 28.5 Å². The van der Waals surface area contributed by atoms with E-state index in [1.165, 1.54) is 0 Å². The highest BCUT2D eigenvalue weighted by Gasteiger charge is 2.45. The lowest BCUT2D eigenvalue weighted by molar-refractivity contribution is -0.241. The van der Waals surface area contributed by atoms with Crippen LogP contribution in [0.5, 0.6) is 0 Å². The average molecular weight is 299 g/mol. The molecule has 1 aliphatic heterocycles. The van der Waals surface area contributed by atoms with Gasteiger partial charge in [0.1, 0.15) is 30.1 Å². The normalized spacial score (nSPS) is 35.9. The number of aliphatic hydroxyl groups is 3. The van der Waals surface area contributed by atoms with Crippen molar-refractivity contribution in [3.63, 3.8) is 0 Å². The second-order valence-electron chi connectivity index (χ2n) is 4.16. The molecule has 0 aromatic carbocycles. The van der Waals surface area contributed by atoms with Crippen LogP contribution in [-0.2, 0) is 23.8 Å². The zero-order chi connectivity index (χ0) is 14.8. The third-order valence-corrected chi connectivity index (χ3v) is 3.96. The molecule has 1 fully saturated rings. The van der Waals surface area contributed by atoms with E-state index in [-0.39, 0.29) is 0 Å². The topological polar surface area (TPSA) is 142 Å². The number of hydrogen-bond donors (Lipinski definition) is 4. The Bertz CT molecular complexity index is 424. The summed E-state index contributed by atoms with van der Waals surface area (Å²) >= 11 is 0. The molecule has 1 aliphatic rings. The van der Waals surface area contributed by atoms with E-state index in [4.69, 9.17) is 4.74 Å². The molecule has 1 saturated heterocycles. The lowest BCUT2D eigenvalue weighted by Crippen LogP contribution is -2.64. The molecule has 5 atom stereocenters. The van der Waals surface area contributed by atoms with Crippen LogP contribution in [0.3, 0.4) is 0 Å². The summed E-state index contributed by atoms with van der Waals surface area (Å²) in [5.41, 5.74) is 0. The van der Waals surface area contributed by atoms with Gasteiger partial charge in [-0.15, -0.1) is 0 Å². The molecule has 112 valence electrons. The molecule has 0 bridgehead atoms. The van der Waals surface area contributed by atoms with Crippen LogP contribution in [0.4, 0.5) is 0 Å². The molecular weight excluding hydrogens is 282 g/mol. The number of carbonyl (C=O) groups excluding carboxylic acids is 1. The van der Waals surface area contributed by atoms with Gasteiger partial charge in [-0.05, 0) is 0 Å². The number of ether oxygens (including phenoxy) is 1. The van der Waals surface area contributed by atoms with Crippen molar-refractivity contribution in [2.24, 2.45) is 0 Å². The van der Waals surface area contributed by atoms with Gasteiger partial charge in [0.05, 0.1) is 7.11 Å². The van der Waals surface area contributed by atoms with Crippen LogP contribution in [0.25, 0.3) is 0 Å². The van der Waals surface area contributed by atoms with Crippen molar-refractivity contribution < 1.29 is 37.5 Å². The third kappa shape index (κ3) is 4.09. The zero-order valence-corrected chi connectivity index (χ0v) is 11.2. The Hall–Kier alpha value is -0.780. The summed E-state index contributed by atoms with van der Waals surface area (Å²) in [6.07, 6.45) is -6.16. The van der Waals surface area contributed by atoms with Crippen LogP contribution < -0.4 is 5.32 Å². The van der Waals surface area contributed by atoms with Gasteiger partial charge in [0.25, 0.3) is 10.1 Å². The second kappa shape index (κ2) is 6.11. The SMILES string of the molecule is COS(=O)(=O)C[C@H]1OC(O)[C@H](NC(C)=O)[C@@H](O)[C@@H]1O. The van der Waals surface area contributed by atoms with E-state index >= 15 is 0 Å². The van der Waals surface area contributed by atoms with Gasteiger partial charge in [-0.3, -0.25) is 8.98 Å². The summed E-state index contributed by atoms with van der Waals surface area (Å²) < 4.78 is 31.6. The van der Waals surface area contributed by atoms with E-state index in [0.29, 0.717) is 0 Å². The predicted octanol–water partition coefficient (Wildman–Crippen LogP) is -3.09. The maximum atomic E-state index is 11.2. The smallest absolute Gasteiger partial charge is 0.269 e. The van der Waals surface area contributed by atoms with Crippen molar-refractivity contribution in [3.05, 3.63) is 0 Å². The fourth-order valence-corrected chi connectivity index (χ4v) is 2.56. The fourth-order valence-electron chi connectivity index (χ4n) is 1.74. The minimum atomic E-state index is -3.93. The Kier molecular flexibility index (Phi) is 5.24. The van der Waals surface area contributed by atoms with Crippen LogP contribution in [0.1, 0.15) is 6.92 Å². The molecule has 1 unspecified atom stereocenters. The van der Waals surface area contributed by atoms with Crippen LogP contribution in [0.2, 0.25) is 0 Å². The number of carbonyl (C=O) groups is 1. The van der Waals surface area contributed by atoms with Crippen LogP contribution >= 0.6 is 0 Å². The minimum absolute atomic E-state index is 0.540. The molecule has 9 nitrogen and oxygen atoms in total. The van der Waals surface area contributed by atoms with Gasteiger partial charge in [0, 0.05) is 6.92 Å². The van der Waals surface area contributed by atoms with Gasteiger partial charge in [-0.25, -0.2) is 0 Å². The maximum Gasteiger partial charge on any atom is 0.269 e. The number of rotatable bonds is 4. The highest BCUT2D eigenvalue weighted by Crippen LogP contribution is 2.21. The largest absolute Gasteiger partial charge is 0.388 e. The fraction of sp³-hybridized carbons (Fsp3) is 0.889. The number of amides is 1. The third-order valence-electron chi connectivity index (χ3n) is 2.71. The summed E-state index contributed by atoms with van der Waals surface area (Å²) in [4.78, 5) is 10.9. The molecule has 1 heterocycles. The summed E-state index contributed by atoms with van der Waals surface area (Å²) in [7, 11) is -2.99. The first-order valence-electron chi connectivity index (χ1n) is 5.43. The Morgan fingerprint density at radius 3 is 2.37 bits per heavy atom. The van der Waals surface area contributed by atoms with E-state index in [1.54, 1.807) is 0 Å². The Balaban J connectivity index is 2.80. The van der Waals surface area contributed by atoms with Crippen molar-refractivity contribution in [3.8, 4) is 0 Å². The predicted molar refractivity (Wildman–Crippen MR) is 61.3 cm³/mol. The number of nitrogens with one attached hydrogen (secondary N) is 1. The molecule has 0 aromatic heterocycles. The first kappa shape index (κ1) is 16.3. The van der Waals surface area contributed by atoms with Gasteiger partial charge < -0.3 is 25.4 Å². The molecule has 0 spiro atoms. The van der Waals surface area contributed by atoms with E-state index in [1.807, 2.05) is 0 Å². The van der Waals surface area contributed by atoms with Crippen molar-refractivity contribution in [1.82, 2.24) is 5.32 Å². The average Bonchev–Trinajstić information content (AvgIpc) is 2.31. The second-order valence-corrected chi connectivity index (χ2v) is 5.95. The molecule has 0 saturated carbocycles. The monoisotopic (exact) mass is 299 g/mol. The molecule has 1 rings (SSSR count). The zero-order valence-electron chi connectivity index (χ0n) is 10.4. The minimum Gasteiger partial charge on any atom is -0.388 e. The van der Waals surface area contributed by atoms with Gasteiger partial charge in [0.2, 0.25) is 5.91 Å². The van der Waals surface area contributed by atoms with Gasteiger partial charge in [-0.1, -0.05) is 0 Å². The molecule has 0 radical (unpaired) electrons. The highest BCUT2D eigenvalue weighted by atomic mass is 32.2. The van der Waals surface area contributed by atoms with Crippen LogP contribution in [-0.4, -0.2) is 73.2 Å². The summed E-state index contributed by atoms with van der Waals surface area (Å²) in [5, 5.41) is 31.3. The van der Waals surface area contributed by atoms with Crippen molar-refractivity contribution in [1.29, 1.82) is 0 Å². The van der Waals surface area contributed by atoms with Crippen LogP contribution in [0, 0.1) is 0 Å². The van der Waals surface area contributed by atoms with Crippen molar-refractivity contribution in [2.45, 2.75) is 37.6 Å². The Labute approximate surface area is 110 Å². The lowest BCUT2D eigenvalue weighted by atomic mass is 9.97. The molecule has 0 aliphatic carbocycles. The number of hydrogen-bond acceptors (Lipinski definition) is 8. The number of aliphatic hydroxyl groups excluding tert-OH is 3. The quantitative estimate of drug-likeness (QED) is 0.400. The summed E-state index contributed by atoms with van der Waals surface area (Å²) in [5.74, 6) is -1.27. The molecule has 0 aromatic rings. The Morgan fingerprint density at radius 1 is 1.32 bits per heavy atom. The Morgan fingerprint density at radius 2 is 1.89 bits per heavy atom. The lowest BCUT2D eigenvalue weighted by Gasteiger charge is -2.40. The molecule has 1 amide bonds. The molecular formula is C9H17NO8S. The van der Waals surface area contributed by atoms with Gasteiger partial charge in [-0.2, -0.15) is 8.42 Å². The van der Waals surface area contributed by atoms with E-state index < -0.39 is 52.4 Å². The molecule has 4 N–H and O–H groups in total. The standard InChI is InChI=1S/C9H17NO8S/c1-4(11)10-6-8(13)7(12)5(18-9(6)14)3-19(15,16)17-2/h5-9,12-14H,3H2,1-2H3,(H,10,11)/t5-,6-,7-,8-,9?/m1/s1. The highest BCUT2D eigenvalue weighted by molar-refractivity contribution is 7.86. The van der Waals surface area contributed by atoms with Crippen molar-refractivity contribution in [2.75, 3.05) is 12.9 Å². The van der Waals surface area contributed by atoms with Gasteiger partial charge >= 0.3 is 0 Å². The van der Waals surface area contributed by atoms with Gasteiger partial charge in [0.15, 0.2) is 6.29 Å². The molecule has 19 heavy (non-hydrogen) atoms. The van der Waals surface area contributed by atoms with E-state index in [2.05, 4.69) is 9.50 Å². The first-order valence-corrected chi connectivity index (χ1v) is 7.00. The summed E-state index contributed by atoms with van der Waals surface area (Å²) in [6, 6.07) is -1.24. The van der Waals surface area contributed by atoms with Crippen LogP contribution in [0.15, 0.2) is 0 Å².